The minimum Gasteiger partial charge on any atom is -0.398 e. The third kappa shape index (κ3) is 2.47. The first-order valence-electron chi connectivity index (χ1n) is 5.55. The number of benzene rings is 1. The van der Waals surface area contributed by atoms with Crippen molar-refractivity contribution in [3.8, 4) is 0 Å². The molecule has 5 nitrogen and oxygen atoms in total. The highest BCUT2D eigenvalue weighted by molar-refractivity contribution is 7.89. The van der Waals surface area contributed by atoms with Crippen molar-refractivity contribution in [3.63, 3.8) is 0 Å². The molecule has 0 aromatic heterocycles. The van der Waals surface area contributed by atoms with E-state index in [0.717, 1.165) is 18.9 Å². The van der Waals surface area contributed by atoms with Crippen LogP contribution in [0.5, 0.6) is 0 Å². The van der Waals surface area contributed by atoms with Crippen molar-refractivity contribution in [1.82, 2.24) is 4.72 Å². The molecular weight excluding hydrogens is 259 g/mol. The third-order valence-electron chi connectivity index (χ3n) is 3.20. The largest absolute Gasteiger partial charge is 0.398 e. The lowest BCUT2D eigenvalue weighted by atomic mass is 10.1. The Balaban J connectivity index is 2.21. The lowest BCUT2D eigenvalue weighted by molar-refractivity contribution is 0.213. The smallest absolute Gasteiger partial charge is 0.245 e. The van der Waals surface area contributed by atoms with Crippen LogP contribution in [0.3, 0.4) is 0 Å². The lowest BCUT2D eigenvalue weighted by Crippen LogP contribution is -2.32. The molecule has 100 valence electrons. The first-order valence-corrected chi connectivity index (χ1v) is 7.03. The first-order chi connectivity index (χ1) is 8.40. The number of sulfonamides is 1. The third-order valence-corrected chi connectivity index (χ3v) is 4.69. The number of hydrogen-bond donors (Lipinski definition) is 3. The van der Waals surface area contributed by atoms with Crippen LogP contribution in [0.25, 0.3) is 0 Å². The van der Waals surface area contributed by atoms with Crippen molar-refractivity contribution in [2.24, 2.45) is 5.41 Å². The molecule has 7 heteroatoms. The van der Waals surface area contributed by atoms with E-state index in [1.54, 1.807) is 0 Å². The fourth-order valence-corrected chi connectivity index (χ4v) is 3.04. The van der Waals surface area contributed by atoms with Crippen LogP contribution < -0.4 is 10.5 Å². The van der Waals surface area contributed by atoms with Crippen molar-refractivity contribution in [3.05, 3.63) is 24.0 Å². The minimum atomic E-state index is -3.99. The number of hydrogen-bond acceptors (Lipinski definition) is 4. The Morgan fingerprint density at radius 1 is 1.44 bits per heavy atom. The standard InChI is InChI=1S/C11H15FN2O3S/c12-8-2-1-3-9(13)10(8)18(16,17)14-6-11(7-15)4-5-11/h1-3,14-15H,4-7,13H2. The molecule has 18 heavy (non-hydrogen) atoms. The zero-order valence-electron chi connectivity index (χ0n) is 9.69. The Labute approximate surface area is 105 Å². The second kappa shape index (κ2) is 4.49. The van der Waals surface area contributed by atoms with Gasteiger partial charge in [0.1, 0.15) is 10.7 Å². The van der Waals surface area contributed by atoms with E-state index in [-0.39, 0.29) is 24.3 Å². The predicted octanol–water partition coefficient (Wildman–Crippen LogP) is 0.459. The van der Waals surface area contributed by atoms with Gasteiger partial charge in [-0.1, -0.05) is 6.07 Å². The summed E-state index contributed by atoms with van der Waals surface area (Å²) in [5, 5.41) is 9.10. The van der Waals surface area contributed by atoms with E-state index in [0.29, 0.717) is 0 Å². The number of nitrogens with two attached hydrogens (primary N) is 1. The predicted molar refractivity (Wildman–Crippen MR) is 64.8 cm³/mol. The van der Waals surface area contributed by atoms with Gasteiger partial charge in [-0.15, -0.1) is 0 Å². The highest BCUT2D eigenvalue weighted by atomic mass is 32.2. The number of rotatable bonds is 5. The molecule has 0 bridgehead atoms. The second-order valence-electron chi connectivity index (χ2n) is 4.64. The molecule has 0 amide bonds. The molecule has 1 saturated carbocycles. The van der Waals surface area contributed by atoms with Gasteiger partial charge in [0.25, 0.3) is 0 Å². The van der Waals surface area contributed by atoms with Crippen molar-refractivity contribution in [1.29, 1.82) is 0 Å². The summed E-state index contributed by atoms with van der Waals surface area (Å²) in [7, 11) is -3.99. The molecular formula is C11H15FN2O3S. The van der Waals surface area contributed by atoms with Gasteiger partial charge in [0.05, 0.1) is 5.69 Å². The maximum Gasteiger partial charge on any atom is 0.245 e. The zero-order chi connectivity index (χ0) is 13.4. The molecule has 4 N–H and O–H groups in total. The monoisotopic (exact) mass is 274 g/mol. The zero-order valence-corrected chi connectivity index (χ0v) is 10.5. The number of halogens is 1. The van der Waals surface area contributed by atoms with Crippen LogP contribution in [0.4, 0.5) is 10.1 Å². The van der Waals surface area contributed by atoms with Crippen molar-refractivity contribution < 1.29 is 17.9 Å². The summed E-state index contributed by atoms with van der Waals surface area (Å²) in [5.41, 5.74) is 4.98. The van der Waals surface area contributed by atoms with Gasteiger partial charge < -0.3 is 10.8 Å². The quantitative estimate of drug-likeness (QED) is 0.680. The van der Waals surface area contributed by atoms with E-state index in [4.69, 9.17) is 10.8 Å². The van der Waals surface area contributed by atoms with Gasteiger partial charge in [0, 0.05) is 18.6 Å². The summed E-state index contributed by atoms with van der Waals surface area (Å²) in [4.78, 5) is -0.529. The number of nitrogen functional groups attached to an aromatic ring is 1. The van der Waals surface area contributed by atoms with Crippen LogP contribution in [-0.4, -0.2) is 26.7 Å². The van der Waals surface area contributed by atoms with Crippen molar-refractivity contribution >= 4 is 15.7 Å². The summed E-state index contributed by atoms with van der Waals surface area (Å²) in [6.45, 7) is 0.0158. The molecule has 0 atom stereocenters. The summed E-state index contributed by atoms with van der Waals surface area (Å²) in [5.74, 6) is -0.878. The van der Waals surface area contributed by atoms with Gasteiger partial charge in [0.15, 0.2) is 0 Å². The van der Waals surface area contributed by atoms with Gasteiger partial charge >= 0.3 is 0 Å². The van der Waals surface area contributed by atoms with Crippen molar-refractivity contribution in [2.75, 3.05) is 18.9 Å². The Hall–Kier alpha value is -1.18. The van der Waals surface area contributed by atoms with Gasteiger partial charge in [0.2, 0.25) is 10.0 Å². The molecule has 0 heterocycles. The Bertz CT molecular complexity index is 535. The molecule has 1 aliphatic carbocycles. The van der Waals surface area contributed by atoms with Crippen molar-refractivity contribution in [2.45, 2.75) is 17.7 Å². The Kier molecular flexibility index (Phi) is 3.31. The lowest BCUT2D eigenvalue weighted by Gasteiger charge is -2.14. The van der Waals surface area contributed by atoms with Crippen LogP contribution in [0.1, 0.15) is 12.8 Å². The van der Waals surface area contributed by atoms with E-state index < -0.39 is 20.7 Å². The van der Waals surface area contributed by atoms with Gasteiger partial charge in [-0.05, 0) is 25.0 Å². The highest BCUT2D eigenvalue weighted by Crippen LogP contribution is 2.44. The van der Waals surface area contributed by atoms with E-state index in [9.17, 15) is 12.8 Å². The molecule has 0 unspecified atom stereocenters. The summed E-state index contributed by atoms with van der Waals surface area (Å²) < 4.78 is 39.7. The van der Waals surface area contributed by atoms with Crippen LogP contribution in [0.15, 0.2) is 23.1 Å². The van der Waals surface area contributed by atoms with E-state index >= 15 is 0 Å². The van der Waals surface area contributed by atoms with E-state index in [1.165, 1.54) is 12.1 Å². The van der Waals surface area contributed by atoms with E-state index in [2.05, 4.69) is 4.72 Å². The molecule has 0 spiro atoms. The fourth-order valence-electron chi connectivity index (χ4n) is 1.70. The molecule has 1 fully saturated rings. The molecule has 2 rings (SSSR count). The molecule has 0 saturated heterocycles. The molecule has 0 aliphatic heterocycles. The fraction of sp³-hybridized carbons (Fsp3) is 0.455. The Morgan fingerprint density at radius 2 is 2.11 bits per heavy atom. The molecule has 0 radical (unpaired) electrons. The average Bonchev–Trinajstić information content (AvgIpc) is 3.07. The second-order valence-corrected chi connectivity index (χ2v) is 6.34. The summed E-state index contributed by atoms with van der Waals surface area (Å²) in [6, 6.07) is 3.72. The highest BCUT2D eigenvalue weighted by Gasteiger charge is 2.43. The number of aliphatic hydroxyl groups excluding tert-OH is 1. The van der Waals surface area contributed by atoms with Crippen LogP contribution in [-0.2, 0) is 10.0 Å². The number of anilines is 1. The first kappa shape index (κ1) is 13.3. The molecule has 1 aromatic carbocycles. The van der Waals surface area contributed by atoms with Crippen LogP contribution >= 0.6 is 0 Å². The van der Waals surface area contributed by atoms with Crippen LogP contribution in [0, 0.1) is 11.2 Å². The summed E-state index contributed by atoms with van der Waals surface area (Å²) in [6.07, 6.45) is 1.53. The normalized spacial score (nSPS) is 17.7. The molecule has 1 aliphatic rings. The maximum atomic E-state index is 13.5. The SMILES string of the molecule is Nc1cccc(F)c1S(=O)(=O)NCC1(CO)CC1. The number of aliphatic hydroxyl groups is 1. The minimum absolute atomic E-state index is 0.0811. The number of nitrogens with one attached hydrogen (secondary N) is 1. The van der Waals surface area contributed by atoms with Gasteiger partial charge in [-0.2, -0.15) is 0 Å². The summed E-state index contributed by atoms with van der Waals surface area (Å²) >= 11 is 0. The topological polar surface area (TPSA) is 92.4 Å². The van der Waals surface area contributed by atoms with E-state index in [1.807, 2.05) is 0 Å². The average molecular weight is 274 g/mol. The maximum absolute atomic E-state index is 13.5. The Morgan fingerprint density at radius 3 is 2.61 bits per heavy atom. The molecule has 1 aromatic rings. The van der Waals surface area contributed by atoms with Gasteiger partial charge in [-0.25, -0.2) is 17.5 Å². The van der Waals surface area contributed by atoms with Crippen LogP contribution in [0.2, 0.25) is 0 Å². The van der Waals surface area contributed by atoms with Gasteiger partial charge in [-0.3, -0.25) is 0 Å².